The van der Waals surface area contributed by atoms with Crippen molar-refractivity contribution >= 4 is 35.1 Å². The average Bonchev–Trinajstić information content (AvgIpc) is 3.49. The zero-order chi connectivity index (χ0) is 26.0. The molecule has 194 valence electrons. The molecule has 0 aromatic heterocycles. The van der Waals surface area contributed by atoms with Gasteiger partial charge in [0.25, 0.3) is 5.91 Å². The van der Waals surface area contributed by atoms with Crippen molar-refractivity contribution in [3.63, 3.8) is 0 Å². The topological polar surface area (TPSA) is 96.4 Å². The summed E-state index contributed by atoms with van der Waals surface area (Å²) in [4.78, 5) is 44.3. The second-order valence-corrected chi connectivity index (χ2v) is 9.99. The van der Waals surface area contributed by atoms with E-state index in [-0.39, 0.29) is 38.1 Å². The van der Waals surface area contributed by atoms with Gasteiger partial charge in [0.15, 0.2) is 0 Å². The van der Waals surface area contributed by atoms with E-state index in [1.165, 1.54) is 6.08 Å². The van der Waals surface area contributed by atoms with Crippen molar-refractivity contribution in [2.75, 3.05) is 31.2 Å². The van der Waals surface area contributed by atoms with Crippen LogP contribution >= 0.6 is 11.6 Å². The molecule has 36 heavy (non-hydrogen) atoms. The van der Waals surface area contributed by atoms with Crippen LogP contribution in [0.5, 0.6) is 0 Å². The zero-order valence-electron chi connectivity index (χ0n) is 20.5. The monoisotopic (exact) mass is 516 g/mol. The van der Waals surface area contributed by atoms with Crippen LogP contribution in [0.25, 0.3) is 0 Å². The average molecular weight is 517 g/mol. The number of benzene rings is 1. The zero-order valence-corrected chi connectivity index (χ0v) is 21.3. The lowest BCUT2D eigenvalue weighted by molar-refractivity contribution is -0.154. The fourth-order valence-electron chi connectivity index (χ4n) is 6.11. The van der Waals surface area contributed by atoms with Crippen LogP contribution in [-0.4, -0.2) is 71.8 Å². The molecule has 3 heterocycles. The highest BCUT2D eigenvalue weighted by Crippen LogP contribution is 2.59. The van der Waals surface area contributed by atoms with Crippen LogP contribution in [0.15, 0.2) is 43.5 Å². The van der Waals surface area contributed by atoms with Crippen molar-refractivity contribution < 1.29 is 29.0 Å². The Morgan fingerprint density at radius 1 is 1.33 bits per heavy atom. The number of fused-ring (bicyclic) bond motifs is 1. The lowest BCUT2D eigenvalue weighted by atomic mass is 9.70. The number of carbonyl (C=O) groups is 3. The van der Waals surface area contributed by atoms with Crippen LogP contribution in [0.4, 0.5) is 5.69 Å². The molecule has 3 aliphatic rings. The van der Waals surface area contributed by atoms with Crippen LogP contribution in [-0.2, 0) is 23.9 Å². The highest BCUT2D eigenvalue weighted by atomic mass is 35.5. The number of aryl methyl sites for hydroxylation is 1. The largest absolute Gasteiger partial charge is 0.461 e. The van der Waals surface area contributed by atoms with Gasteiger partial charge < -0.3 is 24.4 Å². The third kappa shape index (κ3) is 4.25. The summed E-state index contributed by atoms with van der Waals surface area (Å²) in [6, 6.07) is 4.46. The Morgan fingerprint density at radius 3 is 2.78 bits per heavy atom. The first-order valence-electron chi connectivity index (χ1n) is 12.4. The van der Waals surface area contributed by atoms with Crippen molar-refractivity contribution in [2.24, 2.45) is 11.8 Å². The highest BCUT2D eigenvalue weighted by Gasteiger charge is 2.75. The van der Waals surface area contributed by atoms with Gasteiger partial charge in [-0.3, -0.25) is 14.4 Å². The standard InChI is InChI=1S/C27H33ClN2O6/c1-4-13-29(22-17(3)9-8-10-18(22)28)25(33)23-27-12-11-19(36-27)20(26(34)35-16-5-2)21(27)24(32)30(23)14-6-7-15-31/h4-5,8-10,19-21,23,31H,1-2,6-7,11-16H2,3H3/t19-,20+,21-,23?,27?/m0/s1. The molecule has 3 saturated heterocycles. The molecule has 0 radical (unpaired) electrons. The number of aliphatic hydroxyl groups excluding tert-OH is 1. The molecule has 1 aromatic rings. The number of likely N-dealkylation sites (tertiary alicyclic amines) is 1. The Kier molecular flexibility index (Phi) is 7.87. The summed E-state index contributed by atoms with van der Waals surface area (Å²) in [6.07, 6.45) is 4.64. The van der Waals surface area contributed by atoms with Crippen LogP contribution in [0, 0.1) is 18.8 Å². The van der Waals surface area contributed by atoms with E-state index in [0.29, 0.717) is 36.4 Å². The number of para-hydroxylation sites is 1. The molecule has 0 saturated carbocycles. The predicted octanol–water partition coefficient (Wildman–Crippen LogP) is 3.04. The molecule has 3 aliphatic heterocycles. The van der Waals surface area contributed by atoms with Gasteiger partial charge in [0.05, 0.1) is 28.6 Å². The number of rotatable bonds is 11. The number of amides is 2. The maximum absolute atomic E-state index is 14.4. The van der Waals surface area contributed by atoms with Crippen LogP contribution < -0.4 is 4.90 Å². The Balaban J connectivity index is 1.77. The van der Waals surface area contributed by atoms with E-state index in [2.05, 4.69) is 13.2 Å². The number of halogens is 1. The normalized spacial score (nSPS) is 28.2. The molecule has 2 bridgehead atoms. The first-order chi connectivity index (χ1) is 17.3. The molecule has 2 unspecified atom stereocenters. The maximum Gasteiger partial charge on any atom is 0.312 e. The first kappa shape index (κ1) is 26.4. The number of anilines is 1. The summed E-state index contributed by atoms with van der Waals surface area (Å²) in [7, 11) is 0. The Hall–Kier alpha value is -2.68. The van der Waals surface area contributed by atoms with Gasteiger partial charge in [0.1, 0.15) is 18.2 Å². The van der Waals surface area contributed by atoms with E-state index in [9.17, 15) is 19.5 Å². The number of aliphatic hydroxyl groups is 1. The Labute approximate surface area is 216 Å². The quantitative estimate of drug-likeness (QED) is 0.276. The number of hydrogen-bond acceptors (Lipinski definition) is 6. The summed E-state index contributed by atoms with van der Waals surface area (Å²) in [5, 5.41) is 9.73. The molecule has 3 fully saturated rings. The fourth-order valence-corrected chi connectivity index (χ4v) is 6.43. The molecular formula is C27H33ClN2O6. The van der Waals surface area contributed by atoms with Crippen molar-refractivity contribution in [1.82, 2.24) is 4.90 Å². The van der Waals surface area contributed by atoms with Crippen LogP contribution in [0.2, 0.25) is 5.02 Å². The minimum atomic E-state index is -1.13. The van der Waals surface area contributed by atoms with Crippen molar-refractivity contribution in [3.05, 3.63) is 54.1 Å². The van der Waals surface area contributed by atoms with Gasteiger partial charge in [-0.15, -0.1) is 6.58 Å². The van der Waals surface area contributed by atoms with E-state index in [0.717, 1.165) is 5.56 Å². The van der Waals surface area contributed by atoms with Gasteiger partial charge >= 0.3 is 5.97 Å². The van der Waals surface area contributed by atoms with Crippen molar-refractivity contribution in [3.8, 4) is 0 Å². The van der Waals surface area contributed by atoms with Gasteiger partial charge in [0.2, 0.25) is 5.91 Å². The lowest BCUT2D eigenvalue weighted by Crippen LogP contribution is -2.56. The molecule has 1 aromatic carbocycles. The van der Waals surface area contributed by atoms with Crippen molar-refractivity contribution in [2.45, 2.75) is 50.4 Å². The summed E-state index contributed by atoms with van der Waals surface area (Å²) in [5.74, 6) is -2.71. The minimum Gasteiger partial charge on any atom is -0.461 e. The Bertz CT molecular complexity index is 1040. The van der Waals surface area contributed by atoms with Gasteiger partial charge in [-0.05, 0) is 44.2 Å². The lowest BCUT2D eigenvalue weighted by Gasteiger charge is -2.37. The summed E-state index contributed by atoms with van der Waals surface area (Å²) >= 11 is 6.54. The van der Waals surface area contributed by atoms with Crippen molar-refractivity contribution in [1.29, 1.82) is 0 Å². The maximum atomic E-state index is 14.4. The molecule has 8 nitrogen and oxygen atoms in total. The predicted molar refractivity (Wildman–Crippen MR) is 136 cm³/mol. The first-order valence-corrected chi connectivity index (χ1v) is 12.7. The second-order valence-electron chi connectivity index (χ2n) is 9.58. The second kappa shape index (κ2) is 10.7. The van der Waals surface area contributed by atoms with Crippen LogP contribution in [0.1, 0.15) is 31.2 Å². The number of nitrogens with zero attached hydrogens (tertiary/aromatic N) is 2. The van der Waals surface area contributed by atoms with E-state index < -0.39 is 35.6 Å². The number of hydrogen-bond donors (Lipinski definition) is 1. The smallest absolute Gasteiger partial charge is 0.312 e. The molecule has 9 heteroatoms. The molecule has 5 atom stereocenters. The number of ether oxygens (including phenoxy) is 2. The van der Waals surface area contributed by atoms with Gasteiger partial charge in [0, 0.05) is 19.7 Å². The Morgan fingerprint density at radius 2 is 2.11 bits per heavy atom. The van der Waals surface area contributed by atoms with Gasteiger partial charge in [-0.25, -0.2) is 0 Å². The summed E-state index contributed by atoms with van der Waals surface area (Å²) < 4.78 is 11.7. The molecule has 1 spiro atoms. The van der Waals surface area contributed by atoms with E-state index in [1.807, 2.05) is 19.1 Å². The number of esters is 1. The molecule has 1 N–H and O–H groups in total. The minimum absolute atomic E-state index is 0.0221. The van der Waals surface area contributed by atoms with Gasteiger partial charge in [-0.1, -0.05) is 42.5 Å². The van der Waals surface area contributed by atoms with E-state index >= 15 is 0 Å². The van der Waals surface area contributed by atoms with Crippen LogP contribution in [0.3, 0.4) is 0 Å². The third-order valence-corrected chi connectivity index (χ3v) is 7.80. The van der Waals surface area contributed by atoms with E-state index in [4.69, 9.17) is 21.1 Å². The summed E-state index contributed by atoms with van der Waals surface area (Å²) in [5.41, 5.74) is 0.233. The number of carbonyl (C=O) groups excluding carboxylic acids is 3. The molecule has 0 aliphatic carbocycles. The molecule has 2 amide bonds. The fraction of sp³-hybridized carbons (Fsp3) is 0.519. The number of unbranched alkanes of at least 4 members (excludes halogenated alkanes) is 1. The van der Waals surface area contributed by atoms with Gasteiger partial charge in [-0.2, -0.15) is 0 Å². The summed E-state index contributed by atoms with van der Waals surface area (Å²) in [6.45, 7) is 9.74. The van der Waals surface area contributed by atoms with E-state index in [1.54, 1.807) is 21.9 Å². The third-order valence-electron chi connectivity index (χ3n) is 7.49. The molecule has 4 rings (SSSR count). The molecular weight excluding hydrogens is 484 g/mol. The SMILES string of the molecule is C=CCOC(=O)[C@@H]1[C@@H]2CCC3(O2)C(C(=O)N(CC=C)c2c(C)cccc2Cl)N(CCCCO)C(=O)[C@H]13. The highest BCUT2D eigenvalue weighted by molar-refractivity contribution is 6.34.